The molecule has 3 aromatic rings. The number of carbonyl (C=O) groups is 1. The van der Waals surface area contributed by atoms with Gasteiger partial charge >= 0.3 is 0 Å². The Balaban J connectivity index is 1.77. The largest absolute Gasteiger partial charge is 0.490 e. The van der Waals surface area contributed by atoms with Crippen molar-refractivity contribution in [3.05, 3.63) is 88.4 Å². The van der Waals surface area contributed by atoms with Crippen LogP contribution in [0.2, 0.25) is 5.02 Å². The third-order valence-electron chi connectivity index (χ3n) is 4.19. The quantitative estimate of drug-likeness (QED) is 0.543. The molecule has 0 saturated carbocycles. The van der Waals surface area contributed by atoms with Gasteiger partial charge in [-0.3, -0.25) is 4.79 Å². The molecule has 0 aliphatic carbocycles. The first-order chi connectivity index (χ1) is 13.6. The van der Waals surface area contributed by atoms with Crippen LogP contribution in [0.3, 0.4) is 0 Å². The van der Waals surface area contributed by atoms with E-state index in [4.69, 9.17) is 21.1 Å². The van der Waals surface area contributed by atoms with E-state index in [1.807, 2.05) is 50.2 Å². The molecule has 3 aromatic carbocycles. The number of ether oxygens (including phenoxy) is 2. The Morgan fingerprint density at radius 3 is 2.50 bits per heavy atom. The van der Waals surface area contributed by atoms with E-state index < -0.39 is 0 Å². The van der Waals surface area contributed by atoms with E-state index >= 15 is 0 Å². The summed E-state index contributed by atoms with van der Waals surface area (Å²) in [4.78, 5) is 12.7. The van der Waals surface area contributed by atoms with E-state index in [2.05, 4.69) is 5.32 Å². The first-order valence-corrected chi connectivity index (χ1v) is 9.45. The molecule has 1 N–H and O–H groups in total. The van der Waals surface area contributed by atoms with Crippen molar-refractivity contribution in [2.24, 2.45) is 0 Å². The van der Waals surface area contributed by atoms with Gasteiger partial charge in [0, 0.05) is 16.3 Å². The lowest BCUT2D eigenvalue weighted by molar-refractivity contribution is 0.102. The molecule has 0 unspecified atom stereocenters. The van der Waals surface area contributed by atoms with Crippen LogP contribution in [0.5, 0.6) is 11.5 Å². The Kier molecular flexibility index (Phi) is 6.56. The van der Waals surface area contributed by atoms with Gasteiger partial charge in [0.05, 0.1) is 6.61 Å². The molecule has 0 heterocycles. The van der Waals surface area contributed by atoms with Gasteiger partial charge in [-0.15, -0.1) is 0 Å². The predicted molar refractivity (Wildman–Crippen MR) is 113 cm³/mol. The zero-order valence-corrected chi connectivity index (χ0v) is 16.6. The van der Waals surface area contributed by atoms with Gasteiger partial charge in [0.2, 0.25) is 0 Å². The van der Waals surface area contributed by atoms with Gasteiger partial charge < -0.3 is 14.8 Å². The highest BCUT2D eigenvalue weighted by atomic mass is 35.5. The van der Waals surface area contributed by atoms with Crippen molar-refractivity contribution in [3.8, 4) is 11.5 Å². The van der Waals surface area contributed by atoms with Crippen LogP contribution in [0.4, 0.5) is 5.69 Å². The maximum absolute atomic E-state index is 12.7. The van der Waals surface area contributed by atoms with E-state index in [-0.39, 0.29) is 5.91 Å². The van der Waals surface area contributed by atoms with Gasteiger partial charge in [-0.2, -0.15) is 0 Å². The molecule has 1 amide bonds. The molecular formula is C23H22ClNO3. The molecule has 0 saturated heterocycles. The number of rotatable bonds is 7. The van der Waals surface area contributed by atoms with E-state index in [1.54, 1.807) is 30.3 Å². The first kappa shape index (κ1) is 19.8. The SMILES string of the molecule is CCOc1cc(C(=O)Nc2cc(Cl)ccc2C)ccc1OCc1ccccc1. The normalized spacial score (nSPS) is 10.4. The van der Waals surface area contributed by atoms with Crippen molar-refractivity contribution in [2.75, 3.05) is 11.9 Å². The fourth-order valence-electron chi connectivity index (χ4n) is 2.70. The summed E-state index contributed by atoms with van der Waals surface area (Å²) in [5.74, 6) is 0.899. The smallest absolute Gasteiger partial charge is 0.255 e. The van der Waals surface area contributed by atoms with Crippen molar-refractivity contribution < 1.29 is 14.3 Å². The van der Waals surface area contributed by atoms with Crippen LogP contribution in [0.25, 0.3) is 0 Å². The lowest BCUT2D eigenvalue weighted by Crippen LogP contribution is -2.13. The van der Waals surface area contributed by atoms with Crippen LogP contribution in [0.15, 0.2) is 66.7 Å². The van der Waals surface area contributed by atoms with Gasteiger partial charge in [0.15, 0.2) is 11.5 Å². The summed E-state index contributed by atoms with van der Waals surface area (Å²) in [7, 11) is 0. The van der Waals surface area contributed by atoms with Crippen LogP contribution in [-0.4, -0.2) is 12.5 Å². The lowest BCUT2D eigenvalue weighted by Gasteiger charge is -2.14. The van der Waals surface area contributed by atoms with Gasteiger partial charge in [-0.1, -0.05) is 48.0 Å². The van der Waals surface area contributed by atoms with Crippen molar-refractivity contribution in [2.45, 2.75) is 20.5 Å². The predicted octanol–water partition coefficient (Wildman–Crippen LogP) is 5.88. The Bertz CT molecular complexity index is 957. The Labute approximate surface area is 170 Å². The van der Waals surface area contributed by atoms with Crippen molar-refractivity contribution in [1.29, 1.82) is 0 Å². The molecule has 144 valence electrons. The second kappa shape index (κ2) is 9.29. The van der Waals surface area contributed by atoms with Crippen LogP contribution >= 0.6 is 11.6 Å². The van der Waals surface area contributed by atoms with Crippen molar-refractivity contribution in [3.63, 3.8) is 0 Å². The second-order valence-electron chi connectivity index (χ2n) is 6.28. The second-order valence-corrected chi connectivity index (χ2v) is 6.72. The van der Waals surface area contributed by atoms with E-state index in [1.165, 1.54) is 0 Å². The summed E-state index contributed by atoms with van der Waals surface area (Å²) in [5, 5.41) is 3.46. The fourth-order valence-corrected chi connectivity index (χ4v) is 2.87. The summed E-state index contributed by atoms with van der Waals surface area (Å²) in [6, 6.07) is 20.4. The van der Waals surface area contributed by atoms with Crippen molar-refractivity contribution in [1.82, 2.24) is 0 Å². The Morgan fingerprint density at radius 1 is 0.964 bits per heavy atom. The van der Waals surface area contributed by atoms with Gasteiger partial charge in [0.25, 0.3) is 5.91 Å². The van der Waals surface area contributed by atoms with Crippen LogP contribution in [0, 0.1) is 6.92 Å². The zero-order chi connectivity index (χ0) is 19.9. The Morgan fingerprint density at radius 2 is 1.75 bits per heavy atom. The van der Waals surface area contributed by atoms with Gasteiger partial charge in [-0.25, -0.2) is 0 Å². The molecule has 0 aromatic heterocycles. The molecule has 0 spiro atoms. The molecule has 0 bridgehead atoms. The van der Waals surface area contributed by atoms with E-state index in [0.29, 0.717) is 41.0 Å². The van der Waals surface area contributed by atoms with Crippen molar-refractivity contribution >= 4 is 23.2 Å². The van der Waals surface area contributed by atoms with Gasteiger partial charge in [-0.05, 0) is 55.3 Å². The minimum atomic E-state index is -0.235. The molecular weight excluding hydrogens is 374 g/mol. The molecule has 0 fully saturated rings. The zero-order valence-electron chi connectivity index (χ0n) is 15.9. The number of nitrogens with one attached hydrogen (secondary N) is 1. The average molecular weight is 396 g/mol. The summed E-state index contributed by atoms with van der Waals surface area (Å²) >= 11 is 6.03. The number of anilines is 1. The molecule has 4 nitrogen and oxygen atoms in total. The standard InChI is InChI=1S/C23H22ClNO3/c1-3-27-22-13-18(23(26)25-20-14-19(24)11-9-16(20)2)10-12-21(22)28-15-17-7-5-4-6-8-17/h4-14H,3,15H2,1-2H3,(H,25,26). The first-order valence-electron chi connectivity index (χ1n) is 9.08. The van der Waals surface area contributed by atoms with E-state index in [0.717, 1.165) is 11.1 Å². The summed E-state index contributed by atoms with van der Waals surface area (Å²) in [5.41, 5.74) is 3.16. The number of carbonyl (C=O) groups excluding carboxylic acids is 1. The number of hydrogen-bond donors (Lipinski definition) is 1. The molecule has 0 aliphatic rings. The van der Waals surface area contributed by atoms with E-state index in [9.17, 15) is 4.79 Å². The number of amides is 1. The van der Waals surface area contributed by atoms with Crippen LogP contribution in [0.1, 0.15) is 28.4 Å². The minimum Gasteiger partial charge on any atom is -0.490 e. The number of benzene rings is 3. The van der Waals surface area contributed by atoms with Gasteiger partial charge in [0.1, 0.15) is 6.61 Å². The van der Waals surface area contributed by atoms with Crippen LogP contribution < -0.4 is 14.8 Å². The maximum atomic E-state index is 12.7. The molecule has 0 radical (unpaired) electrons. The average Bonchev–Trinajstić information content (AvgIpc) is 2.70. The third-order valence-corrected chi connectivity index (χ3v) is 4.43. The molecule has 3 rings (SSSR count). The minimum absolute atomic E-state index is 0.235. The highest BCUT2D eigenvalue weighted by Gasteiger charge is 2.13. The fraction of sp³-hybridized carbons (Fsp3) is 0.174. The van der Waals surface area contributed by atoms with Crippen LogP contribution in [-0.2, 0) is 6.61 Å². The summed E-state index contributed by atoms with van der Waals surface area (Å²) in [6.07, 6.45) is 0. The summed E-state index contributed by atoms with van der Waals surface area (Å²) in [6.45, 7) is 4.70. The Hall–Kier alpha value is -2.98. The third kappa shape index (κ3) is 5.05. The molecule has 28 heavy (non-hydrogen) atoms. The molecule has 5 heteroatoms. The number of aryl methyl sites for hydroxylation is 1. The highest BCUT2D eigenvalue weighted by Crippen LogP contribution is 2.30. The number of halogens is 1. The topological polar surface area (TPSA) is 47.6 Å². The molecule has 0 atom stereocenters. The highest BCUT2D eigenvalue weighted by molar-refractivity contribution is 6.31. The lowest BCUT2D eigenvalue weighted by atomic mass is 10.1. The number of hydrogen-bond acceptors (Lipinski definition) is 3. The maximum Gasteiger partial charge on any atom is 0.255 e. The molecule has 0 aliphatic heterocycles. The monoisotopic (exact) mass is 395 g/mol. The summed E-state index contributed by atoms with van der Waals surface area (Å²) < 4.78 is 11.6.